The van der Waals surface area contributed by atoms with E-state index in [1.807, 2.05) is 47.0 Å². The molecule has 1 saturated heterocycles. The van der Waals surface area contributed by atoms with E-state index in [0.717, 1.165) is 51.9 Å². The Morgan fingerprint density at radius 3 is 2.76 bits per heavy atom. The number of amides is 1. The summed E-state index contributed by atoms with van der Waals surface area (Å²) in [5.74, 6) is 0.618. The molecule has 5 rings (SSSR count). The standard InChI is InChI=1S/C25H26BrClN4O2S/c1-15(2)30-10-8-16(9-11-30)28-25(32)21-13-18-19(26)4-3-5-20(18)31(21)14-17-12-22(33-29-17)23-6-7-24(27)34-23/h3-7,12-13,15-16H,8-11,14H2,1-2H3,(H,28,32). The van der Waals surface area contributed by atoms with Gasteiger partial charge in [0.15, 0.2) is 5.76 Å². The number of piperidine rings is 1. The maximum Gasteiger partial charge on any atom is 0.268 e. The summed E-state index contributed by atoms with van der Waals surface area (Å²) in [6.45, 7) is 6.88. The highest BCUT2D eigenvalue weighted by molar-refractivity contribution is 9.10. The van der Waals surface area contributed by atoms with Gasteiger partial charge in [0.2, 0.25) is 0 Å². The Bertz CT molecular complexity index is 1320. The number of aromatic nitrogens is 2. The summed E-state index contributed by atoms with van der Waals surface area (Å²) < 4.78 is 9.25. The minimum Gasteiger partial charge on any atom is -0.355 e. The molecule has 0 atom stereocenters. The van der Waals surface area contributed by atoms with Gasteiger partial charge in [-0.15, -0.1) is 11.3 Å². The van der Waals surface area contributed by atoms with Crippen molar-refractivity contribution in [3.63, 3.8) is 0 Å². The van der Waals surface area contributed by atoms with Crippen molar-refractivity contribution < 1.29 is 9.32 Å². The SMILES string of the molecule is CC(C)N1CCC(NC(=O)c2cc3c(Br)cccc3n2Cc2cc(-c3ccc(Cl)s3)on2)CC1. The Morgan fingerprint density at radius 1 is 1.26 bits per heavy atom. The number of hydrogen-bond acceptors (Lipinski definition) is 5. The number of nitrogens with zero attached hydrogens (tertiary/aromatic N) is 3. The molecule has 0 saturated carbocycles. The lowest BCUT2D eigenvalue weighted by atomic mass is 10.0. The van der Waals surface area contributed by atoms with E-state index in [-0.39, 0.29) is 11.9 Å². The third-order valence-corrected chi connectivity index (χ3v) is 8.35. The quantitative estimate of drug-likeness (QED) is 0.295. The van der Waals surface area contributed by atoms with E-state index in [1.165, 1.54) is 11.3 Å². The van der Waals surface area contributed by atoms with Crippen LogP contribution >= 0.6 is 38.9 Å². The predicted octanol–water partition coefficient (Wildman–Crippen LogP) is 6.42. The second-order valence-electron chi connectivity index (χ2n) is 8.95. The molecule has 9 heteroatoms. The van der Waals surface area contributed by atoms with E-state index < -0.39 is 0 Å². The lowest BCUT2D eigenvalue weighted by Gasteiger charge is -2.34. The second-order valence-corrected chi connectivity index (χ2v) is 11.5. The number of carbonyl (C=O) groups is 1. The van der Waals surface area contributed by atoms with Crippen molar-refractivity contribution in [1.82, 2.24) is 19.9 Å². The summed E-state index contributed by atoms with van der Waals surface area (Å²) in [6.07, 6.45) is 1.92. The van der Waals surface area contributed by atoms with Crippen molar-refractivity contribution in [3.8, 4) is 10.6 Å². The first-order valence-corrected chi connectivity index (χ1v) is 13.4. The molecule has 1 aromatic carbocycles. The smallest absolute Gasteiger partial charge is 0.268 e. The van der Waals surface area contributed by atoms with Crippen LogP contribution in [0.3, 0.4) is 0 Å². The van der Waals surface area contributed by atoms with Gasteiger partial charge in [0, 0.05) is 41.1 Å². The maximum absolute atomic E-state index is 13.4. The van der Waals surface area contributed by atoms with E-state index in [9.17, 15) is 4.79 Å². The molecule has 6 nitrogen and oxygen atoms in total. The average molecular weight is 562 g/mol. The van der Waals surface area contributed by atoms with Gasteiger partial charge in [-0.1, -0.05) is 38.8 Å². The zero-order valence-electron chi connectivity index (χ0n) is 19.1. The fourth-order valence-electron chi connectivity index (χ4n) is 4.54. The van der Waals surface area contributed by atoms with Crippen LogP contribution in [0, 0.1) is 0 Å². The Hall–Kier alpha value is -2.13. The van der Waals surface area contributed by atoms with Gasteiger partial charge >= 0.3 is 0 Å². The highest BCUT2D eigenvalue weighted by Crippen LogP contribution is 2.32. The fourth-order valence-corrected chi connectivity index (χ4v) is 6.00. The molecule has 1 N–H and O–H groups in total. The Kier molecular flexibility index (Phi) is 6.84. The number of rotatable bonds is 6. The third-order valence-electron chi connectivity index (χ3n) is 6.42. The highest BCUT2D eigenvalue weighted by atomic mass is 79.9. The molecule has 0 spiro atoms. The monoisotopic (exact) mass is 560 g/mol. The van der Waals surface area contributed by atoms with E-state index in [2.05, 4.69) is 45.2 Å². The number of hydrogen-bond donors (Lipinski definition) is 1. The number of fused-ring (bicyclic) bond motifs is 1. The second kappa shape index (κ2) is 9.85. The molecule has 0 bridgehead atoms. The topological polar surface area (TPSA) is 63.3 Å². The first-order valence-electron chi connectivity index (χ1n) is 11.4. The molecule has 4 aromatic rings. The zero-order chi connectivity index (χ0) is 23.8. The number of halogens is 2. The van der Waals surface area contributed by atoms with Crippen LogP contribution in [0.2, 0.25) is 4.34 Å². The molecule has 4 heterocycles. The third kappa shape index (κ3) is 4.82. The van der Waals surface area contributed by atoms with Gasteiger partial charge in [0.05, 0.1) is 21.3 Å². The van der Waals surface area contributed by atoms with Gasteiger partial charge in [-0.25, -0.2) is 0 Å². The molecule has 1 aliphatic heterocycles. The van der Waals surface area contributed by atoms with Crippen LogP contribution < -0.4 is 5.32 Å². The summed E-state index contributed by atoms with van der Waals surface area (Å²) >= 11 is 11.2. The van der Waals surface area contributed by atoms with Gasteiger partial charge in [-0.05, 0) is 57.0 Å². The first kappa shape index (κ1) is 23.6. The van der Waals surface area contributed by atoms with Crippen molar-refractivity contribution >= 4 is 55.7 Å². The van der Waals surface area contributed by atoms with Crippen LogP contribution in [-0.2, 0) is 6.54 Å². The Balaban J connectivity index is 1.41. The molecule has 1 aliphatic rings. The van der Waals surface area contributed by atoms with Crippen molar-refractivity contribution in [2.24, 2.45) is 0 Å². The van der Waals surface area contributed by atoms with Gasteiger partial charge in [0.1, 0.15) is 11.4 Å². The van der Waals surface area contributed by atoms with Crippen LogP contribution in [0.1, 0.15) is 42.9 Å². The molecule has 0 radical (unpaired) electrons. The number of nitrogens with one attached hydrogen (secondary N) is 1. The van der Waals surface area contributed by atoms with E-state index >= 15 is 0 Å². The van der Waals surface area contributed by atoms with Crippen LogP contribution in [-0.4, -0.2) is 45.7 Å². The lowest BCUT2D eigenvalue weighted by Crippen LogP contribution is -2.46. The van der Waals surface area contributed by atoms with Crippen LogP contribution in [0.15, 0.2) is 51.5 Å². The maximum atomic E-state index is 13.4. The summed E-state index contributed by atoms with van der Waals surface area (Å²) in [7, 11) is 0. The molecule has 0 unspecified atom stereocenters. The Labute approximate surface area is 216 Å². The largest absolute Gasteiger partial charge is 0.355 e. The van der Waals surface area contributed by atoms with Crippen molar-refractivity contribution in [2.45, 2.75) is 45.3 Å². The lowest BCUT2D eigenvalue weighted by molar-refractivity contribution is 0.0892. The summed E-state index contributed by atoms with van der Waals surface area (Å²) in [5.41, 5.74) is 2.34. The van der Waals surface area contributed by atoms with Crippen molar-refractivity contribution in [2.75, 3.05) is 13.1 Å². The van der Waals surface area contributed by atoms with Gasteiger partial charge in [-0.3, -0.25) is 4.79 Å². The molecule has 0 aliphatic carbocycles. The highest BCUT2D eigenvalue weighted by Gasteiger charge is 2.25. The number of likely N-dealkylation sites (tertiary alicyclic amines) is 1. The first-order chi connectivity index (χ1) is 16.4. The average Bonchev–Trinajstić information content (AvgIpc) is 3.54. The van der Waals surface area contributed by atoms with E-state index in [1.54, 1.807) is 0 Å². The molecular weight excluding hydrogens is 536 g/mol. The normalized spacial score (nSPS) is 15.4. The van der Waals surface area contributed by atoms with Gasteiger partial charge in [-0.2, -0.15) is 0 Å². The molecular formula is C25H26BrClN4O2S. The zero-order valence-corrected chi connectivity index (χ0v) is 22.2. The number of carbonyl (C=O) groups excluding carboxylic acids is 1. The molecule has 1 amide bonds. The van der Waals surface area contributed by atoms with Gasteiger partial charge in [0.25, 0.3) is 5.91 Å². The molecule has 3 aromatic heterocycles. The van der Waals surface area contributed by atoms with Crippen LogP contribution in [0.25, 0.3) is 21.5 Å². The minimum atomic E-state index is -0.0557. The predicted molar refractivity (Wildman–Crippen MR) is 141 cm³/mol. The van der Waals surface area contributed by atoms with Gasteiger partial charge < -0.3 is 19.3 Å². The molecule has 178 valence electrons. The van der Waals surface area contributed by atoms with Crippen molar-refractivity contribution in [3.05, 3.63) is 62.7 Å². The van der Waals surface area contributed by atoms with Crippen molar-refractivity contribution in [1.29, 1.82) is 0 Å². The fraction of sp³-hybridized carbons (Fsp3) is 0.360. The summed E-state index contributed by atoms with van der Waals surface area (Å²) in [5, 5.41) is 8.54. The molecule has 34 heavy (non-hydrogen) atoms. The minimum absolute atomic E-state index is 0.0557. The number of thiophene rings is 1. The summed E-state index contributed by atoms with van der Waals surface area (Å²) in [4.78, 5) is 16.8. The molecule has 1 fully saturated rings. The van der Waals surface area contributed by atoms with Crippen LogP contribution in [0.4, 0.5) is 0 Å². The van der Waals surface area contributed by atoms with E-state index in [4.69, 9.17) is 16.1 Å². The van der Waals surface area contributed by atoms with E-state index in [0.29, 0.717) is 28.4 Å². The van der Waals surface area contributed by atoms with Crippen LogP contribution in [0.5, 0.6) is 0 Å². The summed E-state index contributed by atoms with van der Waals surface area (Å²) in [6, 6.07) is 14.3. The Morgan fingerprint density at radius 2 is 2.06 bits per heavy atom. The number of benzene rings is 1.